The van der Waals surface area contributed by atoms with E-state index in [9.17, 15) is 9.59 Å². The summed E-state index contributed by atoms with van der Waals surface area (Å²) in [6.07, 6.45) is 8.10. The van der Waals surface area contributed by atoms with Crippen molar-refractivity contribution < 1.29 is 14.0 Å². The van der Waals surface area contributed by atoms with Crippen molar-refractivity contribution in [2.24, 2.45) is 11.8 Å². The fourth-order valence-corrected chi connectivity index (χ4v) is 5.26. The molecular weight excluding hydrogens is 426 g/mol. The number of hydrogen-bond donors (Lipinski definition) is 1. The van der Waals surface area contributed by atoms with Gasteiger partial charge in [-0.3, -0.25) is 9.59 Å². The minimum absolute atomic E-state index is 0.0107. The van der Waals surface area contributed by atoms with Gasteiger partial charge in [-0.1, -0.05) is 61.7 Å². The molecule has 1 saturated carbocycles. The van der Waals surface area contributed by atoms with E-state index in [1.807, 2.05) is 59.5 Å². The van der Waals surface area contributed by atoms with Gasteiger partial charge in [0.15, 0.2) is 5.69 Å². The maximum Gasteiger partial charge on any atom is 0.275 e. The highest BCUT2D eigenvalue weighted by atomic mass is 16.3. The van der Waals surface area contributed by atoms with Gasteiger partial charge in [0.25, 0.3) is 5.91 Å². The van der Waals surface area contributed by atoms with Crippen LogP contribution in [0.4, 0.5) is 0 Å². The fourth-order valence-electron chi connectivity index (χ4n) is 5.26. The first-order valence-corrected chi connectivity index (χ1v) is 12.3. The standard InChI is InChI=1S/C28H31N3O3/c32-26(16-20-6-2-1-3-7-20)29-17-21-10-12-23(13-11-21)27-30-25(19-34-27)28(33)31-15-14-22-8-4-5-9-24(22)18-31/h1-3,6-7,10-13,19,22,24H,4-5,8-9,14-18H2,(H,29,32). The molecule has 1 aromatic heterocycles. The first kappa shape index (κ1) is 22.4. The number of aromatic nitrogens is 1. The molecule has 2 amide bonds. The number of hydrogen-bond acceptors (Lipinski definition) is 4. The van der Waals surface area contributed by atoms with Gasteiger partial charge in [-0.05, 0) is 47.9 Å². The molecule has 3 aromatic rings. The second-order valence-corrected chi connectivity index (χ2v) is 9.52. The number of oxazole rings is 1. The van der Waals surface area contributed by atoms with Crippen LogP contribution in [-0.4, -0.2) is 34.8 Å². The second kappa shape index (κ2) is 10.2. The highest BCUT2D eigenvalue weighted by molar-refractivity contribution is 5.92. The van der Waals surface area contributed by atoms with Crippen molar-refractivity contribution in [2.45, 2.75) is 45.1 Å². The lowest BCUT2D eigenvalue weighted by Crippen LogP contribution is -2.44. The number of fused-ring (bicyclic) bond motifs is 1. The van der Waals surface area contributed by atoms with Crippen LogP contribution < -0.4 is 5.32 Å². The lowest BCUT2D eigenvalue weighted by atomic mass is 9.75. The Kier molecular flexibility index (Phi) is 6.74. The van der Waals surface area contributed by atoms with Crippen LogP contribution in [0.2, 0.25) is 0 Å². The third-order valence-corrected chi connectivity index (χ3v) is 7.20. The van der Waals surface area contributed by atoms with E-state index in [0.717, 1.165) is 42.1 Å². The summed E-state index contributed by atoms with van der Waals surface area (Å²) in [6, 6.07) is 17.4. The number of amides is 2. The predicted octanol–water partition coefficient (Wildman–Crippen LogP) is 4.85. The Hall–Kier alpha value is -3.41. The molecule has 6 heteroatoms. The van der Waals surface area contributed by atoms with E-state index in [1.54, 1.807) is 0 Å². The number of likely N-dealkylation sites (tertiary alicyclic amines) is 1. The van der Waals surface area contributed by atoms with Crippen molar-refractivity contribution in [1.29, 1.82) is 0 Å². The Balaban J connectivity index is 1.16. The van der Waals surface area contributed by atoms with E-state index in [-0.39, 0.29) is 11.8 Å². The molecule has 5 rings (SSSR count). The third-order valence-electron chi connectivity index (χ3n) is 7.20. The van der Waals surface area contributed by atoms with E-state index in [0.29, 0.717) is 30.5 Å². The highest BCUT2D eigenvalue weighted by Crippen LogP contribution is 2.36. The van der Waals surface area contributed by atoms with E-state index in [2.05, 4.69) is 10.3 Å². The summed E-state index contributed by atoms with van der Waals surface area (Å²) in [5, 5.41) is 2.95. The summed E-state index contributed by atoms with van der Waals surface area (Å²) >= 11 is 0. The van der Waals surface area contributed by atoms with Crippen molar-refractivity contribution in [3.8, 4) is 11.5 Å². The minimum atomic E-state index is -0.0308. The van der Waals surface area contributed by atoms with Crippen molar-refractivity contribution in [2.75, 3.05) is 13.1 Å². The molecule has 0 radical (unpaired) electrons. The summed E-state index contributed by atoms with van der Waals surface area (Å²) in [7, 11) is 0. The predicted molar refractivity (Wildman–Crippen MR) is 130 cm³/mol. The number of nitrogens with zero attached hydrogens (tertiary/aromatic N) is 2. The zero-order valence-electron chi connectivity index (χ0n) is 19.4. The maximum absolute atomic E-state index is 13.0. The molecule has 2 unspecified atom stereocenters. The van der Waals surface area contributed by atoms with Gasteiger partial charge in [0.2, 0.25) is 11.8 Å². The van der Waals surface area contributed by atoms with Gasteiger partial charge < -0.3 is 14.6 Å². The molecule has 176 valence electrons. The van der Waals surface area contributed by atoms with Crippen molar-refractivity contribution >= 4 is 11.8 Å². The molecule has 1 aliphatic carbocycles. The lowest BCUT2D eigenvalue weighted by molar-refractivity contribution is -0.120. The molecule has 0 bridgehead atoms. The quantitative estimate of drug-likeness (QED) is 0.574. The number of carbonyl (C=O) groups excluding carboxylic acids is 2. The van der Waals surface area contributed by atoms with Gasteiger partial charge in [-0.15, -0.1) is 0 Å². The summed E-state index contributed by atoms with van der Waals surface area (Å²) < 4.78 is 5.65. The zero-order chi connectivity index (χ0) is 23.3. The summed E-state index contributed by atoms with van der Waals surface area (Å²) in [5.74, 6) is 1.82. The summed E-state index contributed by atoms with van der Waals surface area (Å²) in [6.45, 7) is 2.11. The van der Waals surface area contributed by atoms with Crippen molar-refractivity contribution in [3.05, 3.63) is 77.7 Å². The third kappa shape index (κ3) is 5.22. The van der Waals surface area contributed by atoms with E-state index >= 15 is 0 Å². The number of piperidine rings is 1. The molecule has 2 aliphatic rings. The topological polar surface area (TPSA) is 75.4 Å². The Morgan fingerprint density at radius 1 is 0.941 bits per heavy atom. The number of carbonyl (C=O) groups is 2. The molecule has 6 nitrogen and oxygen atoms in total. The van der Waals surface area contributed by atoms with Crippen molar-refractivity contribution in [1.82, 2.24) is 15.2 Å². The van der Waals surface area contributed by atoms with E-state index < -0.39 is 0 Å². The van der Waals surface area contributed by atoms with Crippen LogP contribution in [0.5, 0.6) is 0 Å². The summed E-state index contributed by atoms with van der Waals surface area (Å²) in [4.78, 5) is 31.6. The first-order chi connectivity index (χ1) is 16.7. The molecule has 2 heterocycles. The normalized spacial score (nSPS) is 19.9. The average Bonchev–Trinajstić information content (AvgIpc) is 3.38. The Labute approximate surface area is 200 Å². The Morgan fingerprint density at radius 3 is 2.50 bits per heavy atom. The SMILES string of the molecule is O=C(Cc1ccccc1)NCc1ccc(-c2nc(C(=O)N3CCC4CCCCC4C3)co2)cc1. The Bertz CT molecular complexity index is 1120. The van der Waals surface area contributed by atoms with Crippen LogP contribution in [0.3, 0.4) is 0 Å². The van der Waals surface area contributed by atoms with Gasteiger partial charge in [-0.2, -0.15) is 0 Å². The zero-order valence-corrected chi connectivity index (χ0v) is 19.4. The van der Waals surface area contributed by atoms with Gasteiger partial charge in [0.1, 0.15) is 6.26 Å². The van der Waals surface area contributed by atoms with Crippen molar-refractivity contribution in [3.63, 3.8) is 0 Å². The molecule has 1 N–H and O–H groups in total. The van der Waals surface area contributed by atoms with Crippen LogP contribution in [0.1, 0.15) is 53.7 Å². The number of rotatable bonds is 6. The van der Waals surface area contributed by atoms with Gasteiger partial charge in [0, 0.05) is 25.2 Å². The van der Waals surface area contributed by atoms with Crippen LogP contribution in [-0.2, 0) is 17.8 Å². The first-order valence-electron chi connectivity index (χ1n) is 12.3. The molecule has 1 saturated heterocycles. The minimum Gasteiger partial charge on any atom is -0.444 e. The molecule has 34 heavy (non-hydrogen) atoms. The van der Waals surface area contributed by atoms with Crippen LogP contribution in [0.25, 0.3) is 11.5 Å². The Morgan fingerprint density at radius 2 is 1.71 bits per heavy atom. The second-order valence-electron chi connectivity index (χ2n) is 9.52. The number of nitrogens with one attached hydrogen (secondary N) is 1. The molecule has 2 fully saturated rings. The van der Waals surface area contributed by atoms with Crippen LogP contribution in [0, 0.1) is 11.8 Å². The van der Waals surface area contributed by atoms with Gasteiger partial charge in [0.05, 0.1) is 6.42 Å². The highest BCUT2D eigenvalue weighted by Gasteiger charge is 2.34. The van der Waals surface area contributed by atoms with Gasteiger partial charge >= 0.3 is 0 Å². The van der Waals surface area contributed by atoms with Crippen LogP contribution in [0.15, 0.2) is 65.3 Å². The monoisotopic (exact) mass is 457 g/mol. The molecule has 0 spiro atoms. The fraction of sp³-hybridized carbons (Fsp3) is 0.393. The smallest absolute Gasteiger partial charge is 0.275 e. The molecule has 2 atom stereocenters. The molecule has 2 aromatic carbocycles. The van der Waals surface area contributed by atoms with Gasteiger partial charge in [-0.25, -0.2) is 4.98 Å². The molecular formula is C28H31N3O3. The van der Waals surface area contributed by atoms with E-state index in [1.165, 1.54) is 31.9 Å². The lowest BCUT2D eigenvalue weighted by Gasteiger charge is -2.41. The average molecular weight is 458 g/mol. The van der Waals surface area contributed by atoms with Crippen LogP contribution >= 0.6 is 0 Å². The number of benzene rings is 2. The largest absolute Gasteiger partial charge is 0.444 e. The maximum atomic E-state index is 13.0. The van der Waals surface area contributed by atoms with E-state index in [4.69, 9.17) is 4.42 Å². The molecule has 1 aliphatic heterocycles. The summed E-state index contributed by atoms with van der Waals surface area (Å²) in [5.41, 5.74) is 3.17.